The van der Waals surface area contributed by atoms with E-state index in [4.69, 9.17) is 5.73 Å². The second-order valence-corrected chi connectivity index (χ2v) is 6.52. The minimum atomic E-state index is -3.01. The molecular formula is C10H22N2O2S. The van der Waals surface area contributed by atoms with Crippen LogP contribution in [-0.4, -0.2) is 38.1 Å². The van der Waals surface area contributed by atoms with Gasteiger partial charge in [0.1, 0.15) is 0 Å². The number of rotatable bonds is 4. The van der Waals surface area contributed by atoms with Gasteiger partial charge in [0.15, 0.2) is 0 Å². The lowest BCUT2D eigenvalue weighted by molar-refractivity contribution is 0.203. The van der Waals surface area contributed by atoms with Crippen LogP contribution in [0.15, 0.2) is 0 Å². The maximum absolute atomic E-state index is 11.8. The number of sulfonamides is 1. The van der Waals surface area contributed by atoms with Crippen LogP contribution in [0.4, 0.5) is 0 Å². The predicted molar refractivity (Wildman–Crippen MR) is 62.0 cm³/mol. The first-order chi connectivity index (χ1) is 7.01. The fraction of sp³-hybridized carbons (Fsp3) is 1.00. The van der Waals surface area contributed by atoms with Gasteiger partial charge < -0.3 is 5.73 Å². The normalized spacial score (nSPS) is 29.3. The van der Waals surface area contributed by atoms with E-state index >= 15 is 0 Å². The maximum atomic E-state index is 11.8. The third-order valence-corrected chi connectivity index (χ3v) is 5.25. The molecule has 1 aliphatic heterocycles. The fourth-order valence-corrected chi connectivity index (χ4v) is 3.77. The van der Waals surface area contributed by atoms with Crippen molar-refractivity contribution in [2.75, 3.05) is 25.4 Å². The van der Waals surface area contributed by atoms with Crippen molar-refractivity contribution in [3.63, 3.8) is 0 Å². The van der Waals surface area contributed by atoms with Crippen LogP contribution in [0.2, 0.25) is 0 Å². The summed E-state index contributed by atoms with van der Waals surface area (Å²) < 4.78 is 25.3. The highest BCUT2D eigenvalue weighted by atomic mass is 32.2. The van der Waals surface area contributed by atoms with E-state index in [2.05, 4.69) is 6.92 Å². The topological polar surface area (TPSA) is 63.4 Å². The lowest BCUT2D eigenvalue weighted by Gasteiger charge is -2.35. The SMILES string of the molecule is CCCS(=O)(=O)N1CCC(CN)C(C)C1. The predicted octanol–water partition coefficient (Wildman–Crippen LogP) is 0.643. The molecule has 0 aromatic heterocycles. The largest absolute Gasteiger partial charge is 0.330 e. The molecule has 1 fully saturated rings. The average Bonchev–Trinajstić information content (AvgIpc) is 2.17. The highest BCUT2D eigenvalue weighted by Gasteiger charge is 2.31. The Morgan fingerprint density at radius 1 is 1.47 bits per heavy atom. The molecule has 2 atom stereocenters. The van der Waals surface area contributed by atoms with Gasteiger partial charge in [-0.2, -0.15) is 0 Å². The third kappa shape index (κ3) is 3.16. The van der Waals surface area contributed by atoms with E-state index in [1.54, 1.807) is 4.31 Å². The van der Waals surface area contributed by atoms with Crippen LogP contribution < -0.4 is 5.73 Å². The van der Waals surface area contributed by atoms with Gasteiger partial charge in [0.25, 0.3) is 0 Å². The number of piperidine rings is 1. The van der Waals surface area contributed by atoms with Crippen LogP contribution in [0.1, 0.15) is 26.7 Å². The van der Waals surface area contributed by atoms with Crippen molar-refractivity contribution in [3.05, 3.63) is 0 Å². The average molecular weight is 234 g/mol. The van der Waals surface area contributed by atoms with Crippen LogP contribution in [-0.2, 0) is 10.0 Å². The number of nitrogens with two attached hydrogens (primary N) is 1. The van der Waals surface area contributed by atoms with Gasteiger partial charge in [-0.3, -0.25) is 0 Å². The number of hydrogen-bond donors (Lipinski definition) is 1. The molecule has 1 rings (SSSR count). The molecule has 5 heteroatoms. The smallest absolute Gasteiger partial charge is 0.214 e. The molecule has 1 heterocycles. The Hall–Kier alpha value is -0.130. The van der Waals surface area contributed by atoms with Crippen molar-refractivity contribution < 1.29 is 8.42 Å². The highest BCUT2D eigenvalue weighted by molar-refractivity contribution is 7.89. The minimum Gasteiger partial charge on any atom is -0.330 e. The van der Waals surface area contributed by atoms with E-state index in [0.717, 1.165) is 6.42 Å². The highest BCUT2D eigenvalue weighted by Crippen LogP contribution is 2.24. The van der Waals surface area contributed by atoms with Crippen molar-refractivity contribution in [2.24, 2.45) is 17.6 Å². The summed E-state index contributed by atoms with van der Waals surface area (Å²) in [7, 11) is -3.01. The summed E-state index contributed by atoms with van der Waals surface area (Å²) >= 11 is 0. The minimum absolute atomic E-state index is 0.271. The van der Waals surface area contributed by atoms with Gasteiger partial charge in [0, 0.05) is 13.1 Å². The molecule has 4 nitrogen and oxygen atoms in total. The second kappa shape index (κ2) is 5.27. The Morgan fingerprint density at radius 2 is 2.13 bits per heavy atom. The van der Waals surface area contributed by atoms with E-state index in [-0.39, 0.29) is 5.75 Å². The molecule has 0 amide bonds. The zero-order valence-electron chi connectivity index (χ0n) is 9.65. The Balaban J connectivity index is 2.61. The van der Waals surface area contributed by atoms with Crippen molar-refractivity contribution in [3.8, 4) is 0 Å². The second-order valence-electron chi connectivity index (χ2n) is 4.44. The molecule has 15 heavy (non-hydrogen) atoms. The van der Waals surface area contributed by atoms with E-state index in [1.165, 1.54) is 0 Å². The zero-order valence-corrected chi connectivity index (χ0v) is 10.5. The van der Waals surface area contributed by atoms with E-state index in [1.807, 2.05) is 6.92 Å². The molecule has 0 radical (unpaired) electrons. The summed E-state index contributed by atoms with van der Waals surface area (Å²) in [5, 5.41) is 0. The van der Waals surface area contributed by atoms with Gasteiger partial charge >= 0.3 is 0 Å². The first kappa shape index (κ1) is 12.9. The van der Waals surface area contributed by atoms with Gasteiger partial charge in [-0.1, -0.05) is 13.8 Å². The van der Waals surface area contributed by atoms with E-state index in [0.29, 0.717) is 37.9 Å². The van der Waals surface area contributed by atoms with Gasteiger partial charge in [0.05, 0.1) is 5.75 Å². The summed E-state index contributed by atoms with van der Waals surface area (Å²) in [6, 6.07) is 0. The molecular weight excluding hydrogens is 212 g/mol. The van der Waals surface area contributed by atoms with Crippen LogP contribution in [0.25, 0.3) is 0 Å². The van der Waals surface area contributed by atoms with Crippen molar-refractivity contribution in [1.82, 2.24) is 4.31 Å². The zero-order chi connectivity index (χ0) is 11.5. The van der Waals surface area contributed by atoms with Gasteiger partial charge in [-0.15, -0.1) is 0 Å². The number of nitrogens with zero attached hydrogens (tertiary/aromatic N) is 1. The van der Waals surface area contributed by atoms with Crippen molar-refractivity contribution >= 4 is 10.0 Å². The first-order valence-corrected chi connectivity index (χ1v) is 7.30. The summed E-state index contributed by atoms with van der Waals surface area (Å²) in [5.41, 5.74) is 5.64. The molecule has 0 aromatic rings. The fourth-order valence-electron chi connectivity index (χ4n) is 2.15. The lowest BCUT2D eigenvalue weighted by atomic mass is 9.88. The molecule has 0 aromatic carbocycles. The van der Waals surface area contributed by atoms with E-state index in [9.17, 15) is 8.42 Å². The monoisotopic (exact) mass is 234 g/mol. The van der Waals surface area contributed by atoms with Crippen LogP contribution in [0.5, 0.6) is 0 Å². The summed E-state index contributed by atoms with van der Waals surface area (Å²) in [5.74, 6) is 1.14. The Morgan fingerprint density at radius 3 is 2.60 bits per heavy atom. The van der Waals surface area contributed by atoms with Gasteiger partial charge in [0.2, 0.25) is 10.0 Å². The van der Waals surface area contributed by atoms with Crippen LogP contribution >= 0.6 is 0 Å². The molecule has 1 saturated heterocycles. The maximum Gasteiger partial charge on any atom is 0.214 e. The first-order valence-electron chi connectivity index (χ1n) is 5.69. The van der Waals surface area contributed by atoms with Crippen LogP contribution in [0, 0.1) is 11.8 Å². The molecule has 2 N–H and O–H groups in total. The summed E-state index contributed by atoms with van der Waals surface area (Å²) in [4.78, 5) is 0. The van der Waals surface area contributed by atoms with E-state index < -0.39 is 10.0 Å². The molecule has 0 saturated carbocycles. The molecule has 0 spiro atoms. The molecule has 0 aliphatic carbocycles. The quantitative estimate of drug-likeness (QED) is 0.776. The summed E-state index contributed by atoms with van der Waals surface area (Å²) in [6.07, 6.45) is 1.59. The third-order valence-electron chi connectivity index (χ3n) is 3.20. The number of hydrogen-bond acceptors (Lipinski definition) is 3. The molecule has 0 bridgehead atoms. The Labute approximate surface area is 92.9 Å². The molecule has 2 unspecified atom stereocenters. The Kier molecular flexibility index (Phi) is 4.55. The standard InChI is InChI=1S/C10H22N2O2S/c1-3-6-15(13,14)12-5-4-10(7-11)9(2)8-12/h9-10H,3-8,11H2,1-2H3. The van der Waals surface area contributed by atoms with Crippen molar-refractivity contribution in [1.29, 1.82) is 0 Å². The Bertz CT molecular complexity index is 290. The van der Waals surface area contributed by atoms with Gasteiger partial charge in [-0.05, 0) is 31.2 Å². The molecule has 1 aliphatic rings. The van der Waals surface area contributed by atoms with Crippen molar-refractivity contribution in [2.45, 2.75) is 26.7 Å². The van der Waals surface area contributed by atoms with Gasteiger partial charge in [-0.25, -0.2) is 12.7 Å². The van der Waals surface area contributed by atoms with Crippen LogP contribution in [0.3, 0.4) is 0 Å². The lowest BCUT2D eigenvalue weighted by Crippen LogP contribution is -2.45. The summed E-state index contributed by atoms with van der Waals surface area (Å²) in [6.45, 7) is 5.94. The molecule has 90 valence electrons.